The molecule has 128 valence electrons. The van der Waals surface area contributed by atoms with E-state index in [2.05, 4.69) is 15.4 Å². The molecule has 1 aliphatic heterocycles. The Morgan fingerprint density at radius 1 is 1.38 bits per heavy atom. The lowest BCUT2D eigenvalue weighted by atomic mass is 9.90. The Morgan fingerprint density at radius 2 is 2.12 bits per heavy atom. The Kier molecular flexibility index (Phi) is 4.40. The molecule has 6 nitrogen and oxygen atoms in total. The van der Waals surface area contributed by atoms with Gasteiger partial charge >= 0.3 is 0 Å². The van der Waals surface area contributed by atoms with Gasteiger partial charge in [-0.2, -0.15) is 18.9 Å². The van der Waals surface area contributed by atoms with Gasteiger partial charge in [-0.25, -0.2) is 0 Å². The van der Waals surface area contributed by atoms with Crippen molar-refractivity contribution in [3.8, 4) is 0 Å². The van der Waals surface area contributed by atoms with Crippen molar-refractivity contribution in [3.05, 3.63) is 40.9 Å². The van der Waals surface area contributed by atoms with Crippen LogP contribution in [-0.2, 0) is 11.8 Å². The summed E-state index contributed by atoms with van der Waals surface area (Å²) in [7, 11) is 3.43. The summed E-state index contributed by atoms with van der Waals surface area (Å²) in [6.07, 6.45) is 1.65. The minimum Gasteiger partial charge on any atom is -0.381 e. The number of carbonyl (C=O) groups is 1. The Labute approximate surface area is 142 Å². The highest BCUT2D eigenvalue weighted by Gasteiger charge is 2.41. The van der Waals surface area contributed by atoms with Crippen molar-refractivity contribution in [2.45, 2.75) is 5.92 Å². The first-order valence-electron chi connectivity index (χ1n) is 7.36. The summed E-state index contributed by atoms with van der Waals surface area (Å²) in [5.41, 5.74) is 0.830. The number of likely N-dealkylation sites (N-methyl/N-ethyl adjacent to an activating group) is 1. The number of rotatable bonds is 4. The fraction of sp³-hybridized carbons (Fsp3) is 0.400. The summed E-state index contributed by atoms with van der Waals surface area (Å²) in [6.45, 7) is 0.685. The molecule has 2 atom stereocenters. The standard InChI is InChI=1S/C15H16ClF2N5O/c1-22-7-10(8-6-20-23(2)13(8)16)9(15(22)24)5-19-11-3-4-12(17)21-14(11)18/h3-4,6,9-10,19H,5,7H2,1-2H3/t9-,10-/m1/s1. The predicted octanol–water partition coefficient (Wildman–Crippen LogP) is 2.03. The van der Waals surface area contributed by atoms with Gasteiger partial charge in [-0.05, 0) is 12.1 Å². The van der Waals surface area contributed by atoms with E-state index >= 15 is 0 Å². The molecule has 24 heavy (non-hydrogen) atoms. The zero-order valence-corrected chi connectivity index (χ0v) is 13.9. The first-order chi connectivity index (χ1) is 11.4. The smallest absolute Gasteiger partial charge is 0.238 e. The van der Waals surface area contributed by atoms with Crippen molar-refractivity contribution in [2.24, 2.45) is 13.0 Å². The number of aryl methyl sites for hydroxylation is 1. The van der Waals surface area contributed by atoms with Crippen LogP contribution in [0.15, 0.2) is 18.3 Å². The number of nitrogens with zero attached hydrogens (tertiary/aromatic N) is 4. The third-order valence-electron chi connectivity index (χ3n) is 4.27. The second-order valence-corrected chi connectivity index (χ2v) is 6.16. The number of likely N-dealkylation sites (tertiary alicyclic amines) is 1. The third kappa shape index (κ3) is 2.93. The van der Waals surface area contributed by atoms with Crippen LogP contribution in [0, 0.1) is 17.8 Å². The van der Waals surface area contributed by atoms with Gasteiger partial charge in [0.05, 0.1) is 17.8 Å². The SMILES string of the molecule is CN1C[C@H](c2cnn(C)c2Cl)[C@@H](CNc2ccc(F)nc2F)C1=O. The second-order valence-electron chi connectivity index (χ2n) is 5.80. The monoisotopic (exact) mass is 355 g/mol. The number of hydrogen-bond acceptors (Lipinski definition) is 4. The molecule has 0 aromatic carbocycles. The summed E-state index contributed by atoms with van der Waals surface area (Å²) in [6, 6.07) is 2.32. The summed E-state index contributed by atoms with van der Waals surface area (Å²) in [4.78, 5) is 17.1. The Hall–Kier alpha value is -2.22. The maximum absolute atomic E-state index is 13.6. The molecule has 9 heteroatoms. The van der Waals surface area contributed by atoms with Gasteiger partial charge in [0.15, 0.2) is 0 Å². The van der Waals surface area contributed by atoms with Crippen LogP contribution < -0.4 is 5.32 Å². The van der Waals surface area contributed by atoms with E-state index in [1.165, 1.54) is 10.7 Å². The lowest BCUT2D eigenvalue weighted by Crippen LogP contribution is -2.27. The van der Waals surface area contributed by atoms with Crippen LogP contribution in [-0.4, -0.2) is 45.7 Å². The molecule has 2 aromatic heterocycles. The summed E-state index contributed by atoms with van der Waals surface area (Å²) in [5.74, 6) is -2.49. The molecular weight excluding hydrogens is 340 g/mol. The zero-order valence-electron chi connectivity index (χ0n) is 13.1. The minimum absolute atomic E-state index is 0.0507. The van der Waals surface area contributed by atoms with Crippen molar-refractivity contribution < 1.29 is 13.6 Å². The number of aromatic nitrogens is 3. The average molecular weight is 356 g/mol. The lowest BCUT2D eigenvalue weighted by Gasteiger charge is -2.17. The van der Waals surface area contributed by atoms with Gasteiger partial charge in [0, 0.05) is 38.7 Å². The van der Waals surface area contributed by atoms with E-state index < -0.39 is 17.8 Å². The lowest BCUT2D eigenvalue weighted by molar-refractivity contribution is -0.129. The molecule has 0 spiro atoms. The van der Waals surface area contributed by atoms with Crippen molar-refractivity contribution in [2.75, 3.05) is 25.5 Å². The number of amides is 1. The van der Waals surface area contributed by atoms with Crippen molar-refractivity contribution in [3.63, 3.8) is 0 Å². The maximum Gasteiger partial charge on any atom is 0.238 e. The topological polar surface area (TPSA) is 63.1 Å². The summed E-state index contributed by atoms with van der Waals surface area (Å²) in [5, 5.41) is 7.42. The summed E-state index contributed by atoms with van der Waals surface area (Å²) < 4.78 is 28.0. The first kappa shape index (κ1) is 16.6. The van der Waals surface area contributed by atoms with E-state index in [1.807, 2.05) is 0 Å². The van der Waals surface area contributed by atoms with Crippen LogP contribution in [0.1, 0.15) is 11.5 Å². The van der Waals surface area contributed by atoms with Gasteiger partial charge in [-0.15, -0.1) is 0 Å². The van der Waals surface area contributed by atoms with E-state index in [1.54, 1.807) is 25.2 Å². The number of anilines is 1. The Bertz CT molecular complexity index is 781. The highest BCUT2D eigenvalue weighted by Crippen LogP contribution is 2.36. The van der Waals surface area contributed by atoms with Gasteiger partial charge in [0.2, 0.25) is 17.8 Å². The number of nitrogens with one attached hydrogen (secondary N) is 1. The van der Waals surface area contributed by atoms with Gasteiger partial charge in [0.1, 0.15) is 5.15 Å². The average Bonchev–Trinajstić information content (AvgIpc) is 3.00. The van der Waals surface area contributed by atoms with Crippen molar-refractivity contribution in [1.82, 2.24) is 19.7 Å². The third-order valence-corrected chi connectivity index (χ3v) is 4.73. The fourth-order valence-electron chi connectivity index (χ4n) is 2.96. The molecule has 1 aliphatic rings. The molecule has 3 rings (SSSR count). The molecule has 1 N–H and O–H groups in total. The van der Waals surface area contributed by atoms with Crippen molar-refractivity contribution >= 4 is 23.2 Å². The highest BCUT2D eigenvalue weighted by molar-refractivity contribution is 6.30. The zero-order chi connectivity index (χ0) is 17.4. The Balaban J connectivity index is 1.81. The second kappa shape index (κ2) is 6.35. The van der Waals surface area contributed by atoms with Gasteiger partial charge in [0.25, 0.3) is 0 Å². The molecule has 0 aliphatic carbocycles. The number of halogens is 3. The molecular formula is C15H16ClF2N5O. The van der Waals surface area contributed by atoms with Crippen LogP contribution in [0.5, 0.6) is 0 Å². The minimum atomic E-state index is -0.940. The molecule has 1 saturated heterocycles. The van der Waals surface area contributed by atoms with E-state index in [9.17, 15) is 13.6 Å². The van der Waals surface area contributed by atoms with Crippen LogP contribution in [0.2, 0.25) is 5.15 Å². The molecule has 0 radical (unpaired) electrons. The van der Waals surface area contributed by atoms with Crippen LogP contribution in [0.3, 0.4) is 0 Å². The van der Waals surface area contributed by atoms with Crippen molar-refractivity contribution in [1.29, 1.82) is 0 Å². The number of pyridine rings is 1. The fourth-order valence-corrected chi connectivity index (χ4v) is 3.20. The van der Waals surface area contributed by atoms with Crippen LogP contribution in [0.4, 0.5) is 14.5 Å². The predicted molar refractivity (Wildman–Crippen MR) is 84.7 cm³/mol. The molecule has 2 aromatic rings. The van der Waals surface area contributed by atoms with E-state index in [-0.39, 0.29) is 24.1 Å². The maximum atomic E-state index is 13.6. The van der Waals surface area contributed by atoms with Gasteiger partial charge in [-0.3, -0.25) is 9.48 Å². The van der Waals surface area contributed by atoms with Gasteiger partial charge in [-0.1, -0.05) is 11.6 Å². The molecule has 0 bridgehead atoms. The molecule has 1 fully saturated rings. The number of hydrogen-bond donors (Lipinski definition) is 1. The van der Waals surface area contributed by atoms with E-state index in [0.717, 1.165) is 11.6 Å². The molecule has 3 heterocycles. The van der Waals surface area contributed by atoms with E-state index in [0.29, 0.717) is 11.7 Å². The van der Waals surface area contributed by atoms with Crippen LogP contribution in [0.25, 0.3) is 0 Å². The normalized spacial score (nSPS) is 20.7. The number of carbonyl (C=O) groups excluding carboxylic acids is 1. The molecule has 1 amide bonds. The Morgan fingerprint density at radius 3 is 2.75 bits per heavy atom. The molecule has 0 saturated carbocycles. The van der Waals surface area contributed by atoms with E-state index in [4.69, 9.17) is 11.6 Å². The molecule has 0 unspecified atom stereocenters. The van der Waals surface area contributed by atoms with Crippen LogP contribution >= 0.6 is 11.6 Å². The highest BCUT2D eigenvalue weighted by atomic mass is 35.5. The van der Waals surface area contributed by atoms with Gasteiger partial charge < -0.3 is 10.2 Å². The largest absolute Gasteiger partial charge is 0.381 e. The summed E-state index contributed by atoms with van der Waals surface area (Å²) >= 11 is 6.25. The first-order valence-corrected chi connectivity index (χ1v) is 7.74. The quantitative estimate of drug-likeness (QED) is 0.852.